The van der Waals surface area contributed by atoms with E-state index in [0.29, 0.717) is 22.5 Å². The van der Waals surface area contributed by atoms with Crippen molar-refractivity contribution < 1.29 is 9.72 Å². The van der Waals surface area contributed by atoms with Crippen LogP contribution in [-0.4, -0.2) is 10.8 Å². The molecular weight excluding hydrogens is 344 g/mol. The lowest BCUT2D eigenvalue weighted by Crippen LogP contribution is -2.12. The molecule has 27 heavy (non-hydrogen) atoms. The molecule has 3 aromatic carbocycles. The van der Waals surface area contributed by atoms with E-state index in [9.17, 15) is 14.9 Å². The van der Waals surface area contributed by atoms with E-state index in [1.165, 1.54) is 18.2 Å². The quantitative estimate of drug-likeness (QED) is 0.366. The highest BCUT2D eigenvalue weighted by Crippen LogP contribution is 2.22. The number of nitrogens with one attached hydrogen (secondary N) is 1. The van der Waals surface area contributed by atoms with Crippen LogP contribution in [0.15, 0.2) is 83.0 Å². The number of hydrogen-bond donors (Lipinski definition) is 1. The Morgan fingerprint density at radius 3 is 2.15 bits per heavy atom. The third-order valence-corrected chi connectivity index (χ3v) is 3.82. The first kappa shape index (κ1) is 17.9. The topological polar surface area (TPSA) is 97.0 Å². The third kappa shape index (κ3) is 4.60. The Balaban J connectivity index is 1.67. The summed E-state index contributed by atoms with van der Waals surface area (Å²) in [6.07, 6.45) is 0. The van der Waals surface area contributed by atoms with Gasteiger partial charge in [-0.2, -0.15) is 10.2 Å². The van der Waals surface area contributed by atoms with Gasteiger partial charge < -0.3 is 5.32 Å². The van der Waals surface area contributed by atoms with Crippen LogP contribution >= 0.6 is 0 Å². The summed E-state index contributed by atoms with van der Waals surface area (Å²) in [6.45, 7) is 1.60. The molecule has 0 aliphatic heterocycles. The Hall–Kier alpha value is -3.87. The summed E-state index contributed by atoms with van der Waals surface area (Å²) in [6, 6.07) is 20.5. The lowest BCUT2D eigenvalue weighted by atomic mass is 10.1. The number of nitrogens with zero attached hydrogens (tertiary/aromatic N) is 3. The molecule has 0 bridgehead atoms. The summed E-state index contributed by atoms with van der Waals surface area (Å²) in [4.78, 5) is 22.7. The number of amides is 1. The fraction of sp³-hybridized carbons (Fsp3) is 0.0500. The molecule has 0 fully saturated rings. The lowest BCUT2D eigenvalue weighted by Gasteiger charge is -2.06. The minimum atomic E-state index is -0.472. The highest BCUT2D eigenvalue weighted by molar-refractivity contribution is 6.04. The molecule has 1 amide bonds. The van der Waals surface area contributed by atoms with E-state index >= 15 is 0 Å². The van der Waals surface area contributed by atoms with Crippen molar-refractivity contribution >= 4 is 28.7 Å². The van der Waals surface area contributed by atoms with E-state index in [1.807, 2.05) is 30.3 Å². The summed E-state index contributed by atoms with van der Waals surface area (Å²) in [5.74, 6) is -0.341. The molecule has 1 N–H and O–H groups in total. The van der Waals surface area contributed by atoms with E-state index < -0.39 is 4.92 Å². The van der Waals surface area contributed by atoms with Crippen LogP contribution in [0.1, 0.15) is 15.9 Å². The number of nitro benzene ring substituents is 1. The molecule has 7 nitrogen and oxygen atoms in total. The lowest BCUT2D eigenvalue weighted by molar-refractivity contribution is -0.385. The second-order valence-corrected chi connectivity index (χ2v) is 5.79. The number of azo groups is 1. The van der Waals surface area contributed by atoms with Crippen molar-refractivity contribution in [3.63, 3.8) is 0 Å². The van der Waals surface area contributed by atoms with E-state index in [1.54, 1.807) is 31.2 Å². The molecule has 0 aromatic heterocycles. The number of hydrogen-bond acceptors (Lipinski definition) is 5. The maximum atomic E-state index is 12.3. The smallest absolute Gasteiger partial charge is 0.272 e. The van der Waals surface area contributed by atoms with E-state index in [2.05, 4.69) is 15.5 Å². The number of anilines is 1. The van der Waals surface area contributed by atoms with Gasteiger partial charge in [-0.05, 0) is 55.5 Å². The highest BCUT2D eigenvalue weighted by atomic mass is 16.6. The predicted octanol–water partition coefficient (Wildman–Crippen LogP) is 5.57. The van der Waals surface area contributed by atoms with Gasteiger partial charge in [0.15, 0.2) is 0 Å². The van der Waals surface area contributed by atoms with Gasteiger partial charge in [-0.25, -0.2) is 0 Å². The molecule has 0 atom stereocenters. The fourth-order valence-electron chi connectivity index (χ4n) is 2.43. The first-order valence-electron chi connectivity index (χ1n) is 8.16. The maximum absolute atomic E-state index is 12.3. The van der Waals surface area contributed by atoms with Crippen LogP contribution in [0.4, 0.5) is 22.7 Å². The molecule has 0 spiro atoms. The second-order valence-electron chi connectivity index (χ2n) is 5.79. The van der Waals surface area contributed by atoms with Gasteiger partial charge in [-0.3, -0.25) is 14.9 Å². The number of benzene rings is 3. The molecule has 3 rings (SSSR count). The largest absolute Gasteiger partial charge is 0.322 e. The number of rotatable bonds is 5. The minimum absolute atomic E-state index is 0.0142. The zero-order valence-corrected chi connectivity index (χ0v) is 14.5. The second kappa shape index (κ2) is 8.01. The average molecular weight is 360 g/mol. The van der Waals surface area contributed by atoms with E-state index in [0.717, 1.165) is 5.69 Å². The number of carbonyl (C=O) groups excluding carboxylic acids is 1. The third-order valence-electron chi connectivity index (χ3n) is 3.82. The molecule has 0 heterocycles. The highest BCUT2D eigenvalue weighted by Gasteiger charge is 2.13. The standard InChI is InChI=1S/C20H16N4O3/c1-14-13-15(7-12-19(14)24(26)27)20(25)21-16-8-10-18(11-9-16)23-22-17-5-3-2-4-6-17/h2-13H,1H3,(H,21,25). The van der Waals surface area contributed by atoms with Crippen molar-refractivity contribution in [2.45, 2.75) is 6.92 Å². The minimum Gasteiger partial charge on any atom is -0.322 e. The van der Waals surface area contributed by atoms with Crippen LogP contribution in [0.5, 0.6) is 0 Å². The monoisotopic (exact) mass is 360 g/mol. The molecule has 134 valence electrons. The summed E-state index contributed by atoms with van der Waals surface area (Å²) in [5, 5.41) is 21.9. The number of carbonyl (C=O) groups is 1. The zero-order valence-electron chi connectivity index (χ0n) is 14.5. The van der Waals surface area contributed by atoms with Gasteiger partial charge in [0.1, 0.15) is 0 Å². The van der Waals surface area contributed by atoms with Gasteiger partial charge in [-0.15, -0.1) is 0 Å². The Bertz CT molecular complexity index is 999. The molecule has 0 aliphatic rings. The Morgan fingerprint density at radius 2 is 1.56 bits per heavy atom. The fourth-order valence-corrected chi connectivity index (χ4v) is 2.43. The summed E-state index contributed by atoms with van der Waals surface area (Å²) in [7, 11) is 0. The van der Waals surface area contributed by atoms with Gasteiger partial charge >= 0.3 is 0 Å². The zero-order chi connectivity index (χ0) is 19.2. The van der Waals surface area contributed by atoms with Crippen molar-refractivity contribution in [2.75, 3.05) is 5.32 Å². The van der Waals surface area contributed by atoms with Crippen molar-refractivity contribution in [2.24, 2.45) is 10.2 Å². The van der Waals surface area contributed by atoms with E-state index in [4.69, 9.17) is 0 Å². The summed E-state index contributed by atoms with van der Waals surface area (Å²) in [5.41, 5.74) is 2.77. The molecule has 0 saturated carbocycles. The number of aryl methyl sites for hydroxylation is 1. The van der Waals surface area contributed by atoms with Crippen LogP contribution < -0.4 is 5.32 Å². The van der Waals surface area contributed by atoms with Crippen molar-refractivity contribution in [3.8, 4) is 0 Å². The van der Waals surface area contributed by atoms with Gasteiger partial charge in [0.05, 0.1) is 16.3 Å². The van der Waals surface area contributed by atoms with Crippen LogP contribution in [0.3, 0.4) is 0 Å². The van der Waals surface area contributed by atoms with Gasteiger partial charge in [0.2, 0.25) is 0 Å². The van der Waals surface area contributed by atoms with Gasteiger partial charge in [0.25, 0.3) is 11.6 Å². The van der Waals surface area contributed by atoms with E-state index in [-0.39, 0.29) is 11.6 Å². The van der Waals surface area contributed by atoms with Gasteiger partial charge in [-0.1, -0.05) is 18.2 Å². The average Bonchev–Trinajstić information content (AvgIpc) is 2.68. The van der Waals surface area contributed by atoms with Crippen LogP contribution in [-0.2, 0) is 0 Å². The maximum Gasteiger partial charge on any atom is 0.272 e. The molecular formula is C20H16N4O3. The molecule has 0 unspecified atom stereocenters. The van der Waals surface area contributed by atoms with Crippen LogP contribution in [0.25, 0.3) is 0 Å². The SMILES string of the molecule is Cc1cc(C(=O)Nc2ccc(N=Nc3ccccc3)cc2)ccc1[N+](=O)[O-]. The summed E-state index contributed by atoms with van der Waals surface area (Å²) >= 11 is 0. The van der Waals surface area contributed by atoms with Crippen molar-refractivity contribution in [3.05, 3.63) is 94.0 Å². The number of nitro groups is 1. The molecule has 7 heteroatoms. The van der Waals surface area contributed by atoms with Gasteiger partial charge in [0, 0.05) is 22.9 Å². The first-order valence-corrected chi connectivity index (χ1v) is 8.16. The Labute approximate surface area is 155 Å². The molecule has 0 radical (unpaired) electrons. The Kier molecular flexibility index (Phi) is 5.32. The predicted molar refractivity (Wildman–Crippen MR) is 103 cm³/mol. The van der Waals surface area contributed by atoms with Crippen molar-refractivity contribution in [1.82, 2.24) is 0 Å². The molecule has 3 aromatic rings. The molecule has 0 aliphatic carbocycles. The first-order chi connectivity index (χ1) is 13.0. The molecule has 0 saturated heterocycles. The van der Waals surface area contributed by atoms with Crippen LogP contribution in [0, 0.1) is 17.0 Å². The van der Waals surface area contributed by atoms with Crippen molar-refractivity contribution in [1.29, 1.82) is 0 Å². The van der Waals surface area contributed by atoms with Crippen LogP contribution in [0.2, 0.25) is 0 Å². The normalized spacial score (nSPS) is 10.7. The Morgan fingerprint density at radius 1 is 0.926 bits per heavy atom. The summed E-state index contributed by atoms with van der Waals surface area (Å²) < 4.78 is 0.